The number of ether oxygens (including phenoxy) is 3. The van der Waals surface area contributed by atoms with Crippen LogP contribution in [0.4, 0.5) is 0 Å². The van der Waals surface area contributed by atoms with Gasteiger partial charge in [-0.15, -0.1) is 0 Å². The van der Waals surface area contributed by atoms with Gasteiger partial charge in [0.15, 0.2) is 20.4 Å². The van der Waals surface area contributed by atoms with Crippen LogP contribution < -0.4 is 15.0 Å². The van der Waals surface area contributed by atoms with Gasteiger partial charge in [0, 0.05) is 25.2 Å². The van der Waals surface area contributed by atoms with Crippen LogP contribution in [0, 0.1) is 0 Å². The fraction of sp³-hybridized carbons (Fsp3) is 0.357. The third-order valence-corrected chi connectivity index (χ3v) is 9.42. The first kappa shape index (κ1) is 27.6. The maximum absolute atomic E-state index is 13.3. The molecule has 0 aromatic heterocycles. The number of benzene rings is 3. The van der Waals surface area contributed by atoms with Crippen molar-refractivity contribution in [1.82, 2.24) is 5.48 Å². The van der Waals surface area contributed by atoms with Gasteiger partial charge < -0.3 is 14.2 Å². The molecule has 202 valence electrons. The van der Waals surface area contributed by atoms with Gasteiger partial charge in [-0.3, -0.25) is 14.8 Å². The molecule has 10 heteroatoms. The zero-order valence-electron chi connectivity index (χ0n) is 21.1. The highest BCUT2D eigenvalue weighted by atomic mass is 32.2. The number of carbonyl (C=O) groups is 2. The van der Waals surface area contributed by atoms with Crippen LogP contribution in [0.2, 0.25) is 0 Å². The third kappa shape index (κ3) is 5.67. The predicted octanol–water partition coefficient (Wildman–Crippen LogP) is 4.11. The minimum absolute atomic E-state index is 0.0326. The number of carbonyl (C=O) groups excluding carboxylic acids is 2. The van der Waals surface area contributed by atoms with E-state index in [1.54, 1.807) is 7.11 Å². The molecular formula is C28H31NO8S. The molecule has 0 spiro atoms. The van der Waals surface area contributed by atoms with Gasteiger partial charge in [-0.2, -0.15) is 0 Å². The molecule has 1 aliphatic rings. The van der Waals surface area contributed by atoms with E-state index >= 15 is 0 Å². The number of hydroxylamine groups is 1. The molecule has 1 heterocycles. The standard InChI is InChI=1S/C28H31NO8S/c1-35-24-8-7-20-18-22(6-5-21(20)19-24)26(30)4-2-3-15-37-23-9-11-25(12-10-23)38(33,34)28(27(31)29-32)13-16-36-17-14-28/h5-12,18-19,32H,2-4,13-17H2,1H3,(H,29,31). The van der Waals surface area contributed by atoms with Gasteiger partial charge in [-0.1, -0.05) is 18.2 Å². The lowest BCUT2D eigenvalue weighted by molar-refractivity contribution is -0.134. The first-order chi connectivity index (χ1) is 18.3. The number of fused-ring (bicyclic) bond motifs is 1. The molecule has 0 radical (unpaired) electrons. The fourth-order valence-corrected chi connectivity index (χ4v) is 6.55. The second kappa shape index (κ2) is 11.9. The summed E-state index contributed by atoms with van der Waals surface area (Å²) in [5.74, 6) is 0.351. The highest BCUT2D eigenvalue weighted by Crippen LogP contribution is 2.35. The largest absolute Gasteiger partial charge is 0.497 e. The molecule has 0 unspecified atom stereocenters. The average Bonchev–Trinajstić information content (AvgIpc) is 2.96. The van der Waals surface area contributed by atoms with Gasteiger partial charge in [-0.05, 0) is 78.9 Å². The topological polar surface area (TPSA) is 128 Å². The molecule has 0 bridgehead atoms. The molecule has 0 atom stereocenters. The first-order valence-corrected chi connectivity index (χ1v) is 13.9. The molecule has 4 rings (SSSR count). The Morgan fingerprint density at radius 1 is 0.947 bits per heavy atom. The van der Waals surface area contributed by atoms with E-state index in [2.05, 4.69) is 0 Å². The van der Waals surface area contributed by atoms with Gasteiger partial charge in [0.1, 0.15) is 11.5 Å². The monoisotopic (exact) mass is 541 g/mol. The quantitative estimate of drug-likeness (QED) is 0.161. The Kier molecular flexibility index (Phi) is 8.65. The Balaban J connectivity index is 1.29. The van der Waals surface area contributed by atoms with Crippen molar-refractivity contribution < 1.29 is 37.4 Å². The number of hydrogen-bond donors (Lipinski definition) is 2. The van der Waals surface area contributed by atoms with Crippen LogP contribution in [0.5, 0.6) is 11.5 Å². The number of Topliss-reactive ketones (excluding diaryl/α,β-unsaturated/α-hetero) is 1. The van der Waals surface area contributed by atoms with Gasteiger partial charge in [-0.25, -0.2) is 13.9 Å². The van der Waals surface area contributed by atoms with Crippen molar-refractivity contribution >= 4 is 32.3 Å². The summed E-state index contributed by atoms with van der Waals surface area (Å²) >= 11 is 0. The van der Waals surface area contributed by atoms with E-state index < -0.39 is 20.5 Å². The molecular weight excluding hydrogens is 510 g/mol. The third-order valence-electron chi connectivity index (χ3n) is 6.90. The summed E-state index contributed by atoms with van der Waals surface area (Å²) in [6.45, 7) is 0.573. The minimum Gasteiger partial charge on any atom is -0.497 e. The number of methoxy groups -OCH3 is 1. The van der Waals surface area contributed by atoms with Crippen LogP contribution in [-0.2, 0) is 19.4 Å². The summed E-state index contributed by atoms with van der Waals surface area (Å²) in [7, 11) is -2.47. The Morgan fingerprint density at radius 2 is 1.61 bits per heavy atom. The van der Waals surface area contributed by atoms with Crippen LogP contribution in [0.15, 0.2) is 65.6 Å². The maximum Gasteiger partial charge on any atom is 0.265 e. The van der Waals surface area contributed by atoms with Crippen LogP contribution in [-0.4, -0.2) is 57.0 Å². The van der Waals surface area contributed by atoms with Crippen molar-refractivity contribution in [2.24, 2.45) is 0 Å². The second-order valence-electron chi connectivity index (χ2n) is 9.18. The minimum atomic E-state index is -4.09. The number of sulfone groups is 1. The number of rotatable bonds is 11. The van der Waals surface area contributed by atoms with Gasteiger partial charge in [0.2, 0.25) is 0 Å². The Hall–Kier alpha value is -3.47. The molecule has 1 amide bonds. The van der Waals surface area contributed by atoms with Crippen molar-refractivity contribution in [3.05, 3.63) is 66.2 Å². The van der Waals surface area contributed by atoms with Crippen LogP contribution in [0.25, 0.3) is 10.8 Å². The lowest BCUT2D eigenvalue weighted by Gasteiger charge is -2.34. The van der Waals surface area contributed by atoms with Gasteiger partial charge in [0.05, 0.1) is 18.6 Å². The van der Waals surface area contributed by atoms with Crippen molar-refractivity contribution in [2.75, 3.05) is 26.9 Å². The lowest BCUT2D eigenvalue weighted by Crippen LogP contribution is -2.54. The van der Waals surface area contributed by atoms with E-state index in [0.29, 0.717) is 37.2 Å². The van der Waals surface area contributed by atoms with E-state index in [1.165, 1.54) is 29.7 Å². The van der Waals surface area contributed by atoms with E-state index in [0.717, 1.165) is 16.5 Å². The smallest absolute Gasteiger partial charge is 0.265 e. The molecule has 2 N–H and O–H groups in total. The lowest BCUT2D eigenvalue weighted by atomic mass is 9.98. The molecule has 1 saturated heterocycles. The molecule has 38 heavy (non-hydrogen) atoms. The highest BCUT2D eigenvalue weighted by Gasteiger charge is 2.52. The van der Waals surface area contributed by atoms with Gasteiger partial charge >= 0.3 is 0 Å². The highest BCUT2D eigenvalue weighted by molar-refractivity contribution is 7.93. The molecule has 9 nitrogen and oxygen atoms in total. The summed E-state index contributed by atoms with van der Waals surface area (Å²) < 4.78 is 41.0. The summed E-state index contributed by atoms with van der Waals surface area (Å²) in [6, 6.07) is 17.2. The SMILES string of the molecule is COc1ccc2cc(C(=O)CCCCOc3ccc(S(=O)(=O)C4(C(=O)NO)CCOCC4)cc3)ccc2c1. The van der Waals surface area contributed by atoms with Crippen LogP contribution in [0.3, 0.4) is 0 Å². The Bertz CT molecular complexity index is 1400. The van der Waals surface area contributed by atoms with Gasteiger partial charge in [0.25, 0.3) is 5.91 Å². The number of ketones is 1. The molecule has 0 saturated carbocycles. The average molecular weight is 542 g/mol. The Morgan fingerprint density at radius 3 is 2.29 bits per heavy atom. The summed E-state index contributed by atoms with van der Waals surface area (Å²) in [5, 5.41) is 11.1. The van der Waals surface area contributed by atoms with Crippen molar-refractivity contribution in [3.63, 3.8) is 0 Å². The van der Waals surface area contributed by atoms with Crippen molar-refractivity contribution in [3.8, 4) is 11.5 Å². The Labute approximate surface area is 221 Å². The second-order valence-corrected chi connectivity index (χ2v) is 11.4. The number of nitrogens with one attached hydrogen (secondary N) is 1. The number of hydrogen-bond acceptors (Lipinski definition) is 8. The van der Waals surface area contributed by atoms with Crippen LogP contribution in [0.1, 0.15) is 42.5 Å². The van der Waals surface area contributed by atoms with E-state index in [1.807, 2.05) is 36.4 Å². The fourth-order valence-electron chi connectivity index (χ4n) is 4.61. The van der Waals surface area contributed by atoms with Crippen LogP contribution >= 0.6 is 0 Å². The first-order valence-electron chi connectivity index (χ1n) is 12.4. The zero-order chi connectivity index (χ0) is 27.2. The molecule has 0 aliphatic carbocycles. The predicted molar refractivity (Wildman–Crippen MR) is 141 cm³/mol. The maximum atomic E-state index is 13.3. The van der Waals surface area contributed by atoms with Crippen molar-refractivity contribution in [1.29, 1.82) is 0 Å². The van der Waals surface area contributed by atoms with Crippen molar-refractivity contribution in [2.45, 2.75) is 41.7 Å². The normalized spacial score (nSPS) is 15.1. The van der Waals surface area contributed by atoms with E-state index in [-0.39, 0.29) is 36.7 Å². The zero-order valence-corrected chi connectivity index (χ0v) is 22.0. The summed E-state index contributed by atoms with van der Waals surface area (Å²) in [6.07, 6.45) is 1.59. The van der Waals surface area contributed by atoms with E-state index in [4.69, 9.17) is 19.4 Å². The summed E-state index contributed by atoms with van der Waals surface area (Å²) in [5.41, 5.74) is 2.17. The van der Waals surface area contributed by atoms with E-state index in [9.17, 15) is 18.0 Å². The molecule has 3 aromatic rings. The molecule has 3 aromatic carbocycles. The number of amides is 1. The summed E-state index contributed by atoms with van der Waals surface area (Å²) in [4.78, 5) is 24.9. The molecule has 1 fully saturated rings. The molecule has 1 aliphatic heterocycles. The number of unbranched alkanes of at least 4 members (excludes halogenated alkanes) is 1.